The Morgan fingerprint density at radius 2 is 1.65 bits per heavy atom. The molecule has 3 rings (SSSR count). The summed E-state index contributed by atoms with van der Waals surface area (Å²) in [6.45, 7) is 1.60. The lowest BCUT2D eigenvalue weighted by Crippen LogP contribution is -2.23. The summed E-state index contributed by atoms with van der Waals surface area (Å²) in [5.41, 5.74) is 1.74. The number of halogens is 2. The first-order chi connectivity index (χ1) is 14.8. The maximum atomic E-state index is 12.6. The topological polar surface area (TPSA) is 84.5 Å². The number of anilines is 1. The molecule has 0 heterocycles. The van der Waals surface area contributed by atoms with Gasteiger partial charge in [0.15, 0.2) is 6.61 Å². The van der Waals surface area contributed by atoms with E-state index in [2.05, 4.69) is 10.0 Å². The lowest BCUT2D eigenvalue weighted by Gasteiger charge is -2.13. The van der Waals surface area contributed by atoms with Crippen molar-refractivity contribution in [2.24, 2.45) is 0 Å². The maximum absolute atomic E-state index is 12.6. The highest BCUT2D eigenvalue weighted by Crippen LogP contribution is 2.29. The summed E-state index contributed by atoms with van der Waals surface area (Å²) in [6.07, 6.45) is 0. The minimum atomic E-state index is -3.69. The van der Waals surface area contributed by atoms with Gasteiger partial charge in [-0.3, -0.25) is 4.79 Å². The van der Waals surface area contributed by atoms with Gasteiger partial charge in [0.25, 0.3) is 5.91 Å². The second-order valence-corrected chi connectivity index (χ2v) is 9.25. The molecule has 0 atom stereocenters. The molecular weight excluding hydrogens is 459 g/mol. The van der Waals surface area contributed by atoms with E-state index >= 15 is 0 Å². The number of carbonyl (C=O) groups excluding carboxylic acids is 1. The number of hydrogen-bond acceptors (Lipinski definition) is 4. The Bertz CT molecular complexity index is 1170. The van der Waals surface area contributed by atoms with Crippen LogP contribution < -0.4 is 14.8 Å². The highest BCUT2D eigenvalue weighted by atomic mass is 35.5. The summed E-state index contributed by atoms with van der Waals surface area (Å²) in [7, 11) is -3.69. The number of nitrogens with one attached hydrogen (secondary N) is 2. The predicted octanol–water partition coefficient (Wildman–Crippen LogP) is 4.80. The largest absolute Gasteiger partial charge is 0.483 e. The highest BCUT2D eigenvalue weighted by molar-refractivity contribution is 7.89. The summed E-state index contributed by atoms with van der Waals surface area (Å²) in [5, 5.41) is 3.23. The Morgan fingerprint density at radius 1 is 0.968 bits per heavy atom. The number of carbonyl (C=O) groups is 1. The Balaban J connectivity index is 1.62. The van der Waals surface area contributed by atoms with E-state index in [0.717, 1.165) is 5.56 Å². The monoisotopic (exact) mass is 478 g/mol. The van der Waals surface area contributed by atoms with Crippen LogP contribution in [0.25, 0.3) is 0 Å². The van der Waals surface area contributed by atoms with E-state index in [1.807, 2.05) is 30.3 Å². The van der Waals surface area contributed by atoms with Crippen molar-refractivity contribution in [1.82, 2.24) is 4.72 Å². The van der Waals surface area contributed by atoms with Crippen LogP contribution in [0.15, 0.2) is 71.6 Å². The van der Waals surface area contributed by atoms with Crippen LogP contribution in [0, 0.1) is 6.92 Å². The Kier molecular flexibility index (Phi) is 7.56. The van der Waals surface area contributed by atoms with Gasteiger partial charge in [0.1, 0.15) is 5.75 Å². The zero-order valence-electron chi connectivity index (χ0n) is 16.6. The molecule has 0 bridgehead atoms. The van der Waals surface area contributed by atoms with E-state index in [-0.39, 0.29) is 18.0 Å². The Morgan fingerprint density at radius 3 is 2.29 bits per heavy atom. The van der Waals surface area contributed by atoms with E-state index < -0.39 is 15.9 Å². The average Bonchev–Trinajstić information content (AvgIpc) is 2.75. The van der Waals surface area contributed by atoms with Gasteiger partial charge in [-0.15, -0.1) is 0 Å². The zero-order chi connectivity index (χ0) is 22.4. The van der Waals surface area contributed by atoms with Crippen molar-refractivity contribution >= 4 is 44.8 Å². The van der Waals surface area contributed by atoms with E-state index in [1.54, 1.807) is 25.1 Å². The molecule has 0 radical (unpaired) electrons. The molecule has 0 fully saturated rings. The summed E-state index contributed by atoms with van der Waals surface area (Å²) >= 11 is 12.1. The standard InChI is InChI=1S/C22H20Cl2N2O4S/c1-15-12-17(31(28,29)25-13-16-6-3-2-4-7-16)10-11-20(15)30-14-21(27)26-22-18(23)8-5-9-19(22)24/h2-12,25H,13-14H2,1H3,(H,26,27). The third-order valence-corrected chi connectivity index (χ3v) is 6.38. The zero-order valence-corrected chi connectivity index (χ0v) is 18.9. The minimum absolute atomic E-state index is 0.112. The molecule has 0 saturated heterocycles. The molecule has 3 aromatic rings. The van der Waals surface area contributed by atoms with Crippen molar-refractivity contribution in [1.29, 1.82) is 0 Å². The van der Waals surface area contributed by atoms with Crippen LogP contribution in [0.3, 0.4) is 0 Å². The number of benzene rings is 3. The number of hydrogen-bond donors (Lipinski definition) is 2. The van der Waals surface area contributed by atoms with Gasteiger partial charge in [-0.25, -0.2) is 13.1 Å². The van der Waals surface area contributed by atoms with E-state index in [9.17, 15) is 13.2 Å². The number of rotatable bonds is 8. The molecule has 0 aliphatic carbocycles. The first-order valence-corrected chi connectivity index (χ1v) is 11.5. The average molecular weight is 479 g/mol. The normalized spacial score (nSPS) is 11.2. The smallest absolute Gasteiger partial charge is 0.262 e. The third kappa shape index (κ3) is 6.21. The molecule has 2 N–H and O–H groups in total. The molecule has 9 heteroatoms. The second kappa shape index (κ2) is 10.2. The molecule has 0 aromatic heterocycles. The number of aryl methyl sites for hydroxylation is 1. The van der Waals surface area contributed by atoms with Crippen LogP contribution in [0.5, 0.6) is 5.75 Å². The molecule has 162 valence electrons. The quantitative estimate of drug-likeness (QED) is 0.486. The minimum Gasteiger partial charge on any atom is -0.483 e. The Labute approximate surface area is 191 Å². The van der Waals surface area contributed by atoms with Crippen molar-refractivity contribution in [2.75, 3.05) is 11.9 Å². The molecule has 0 aliphatic heterocycles. The van der Waals surface area contributed by atoms with Crippen LogP contribution >= 0.6 is 23.2 Å². The summed E-state index contributed by atoms with van der Waals surface area (Å²) in [4.78, 5) is 12.3. The number of sulfonamides is 1. The molecule has 0 spiro atoms. The van der Waals surface area contributed by atoms with E-state index in [4.69, 9.17) is 27.9 Å². The van der Waals surface area contributed by atoms with Gasteiger partial charge in [0.2, 0.25) is 10.0 Å². The van der Waals surface area contributed by atoms with Gasteiger partial charge in [-0.1, -0.05) is 59.6 Å². The van der Waals surface area contributed by atoms with Crippen LogP contribution in [0.2, 0.25) is 10.0 Å². The lowest BCUT2D eigenvalue weighted by molar-refractivity contribution is -0.118. The maximum Gasteiger partial charge on any atom is 0.262 e. The van der Waals surface area contributed by atoms with Gasteiger partial charge in [0.05, 0.1) is 20.6 Å². The summed E-state index contributed by atoms with van der Waals surface area (Å²) in [5.74, 6) is -0.0574. The molecular formula is C22H20Cl2N2O4S. The van der Waals surface area contributed by atoms with Crippen molar-refractivity contribution in [2.45, 2.75) is 18.4 Å². The first kappa shape index (κ1) is 23.1. The van der Waals surface area contributed by atoms with Crippen molar-refractivity contribution < 1.29 is 17.9 Å². The van der Waals surface area contributed by atoms with Gasteiger partial charge < -0.3 is 10.1 Å². The van der Waals surface area contributed by atoms with Crippen molar-refractivity contribution in [3.63, 3.8) is 0 Å². The van der Waals surface area contributed by atoms with Gasteiger partial charge in [-0.2, -0.15) is 0 Å². The van der Waals surface area contributed by atoms with Gasteiger partial charge >= 0.3 is 0 Å². The van der Waals surface area contributed by atoms with Crippen LogP contribution in [0.4, 0.5) is 5.69 Å². The second-order valence-electron chi connectivity index (χ2n) is 6.67. The SMILES string of the molecule is Cc1cc(S(=O)(=O)NCc2ccccc2)ccc1OCC(=O)Nc1c(Cl)cccc1Cl. The van der Waals surface area contributed by atoms with Crippen molar-refractivity contribution in [3.05, 3.63) is 87.9 Å². The van der Waals surface area contributed by atoms with E-state index in [1.165, 1.54) is 18.2 Å². The summed E-state index contributed by atoms with van der Waals surface area (Å²) in [6, 6.07) is 18.6. The molecule has 0 unspecified atom stereocenters. The van der Waals surface area contributed by atoms with E-state index in [0.29, 0.717) is 27.0 Å². The van der Waals surface area contributed by atoms with Gasteiger partial charge in [-0.05, 0) is 48.4 Å². The molecule has 31 heavy (non-hydrogen) atoms. The molecule has 3 aromatic carbocycles. The summed E-state index contributed by atoms with van der Waals surface area (Å²) < 4.78 is 33.2. The fraction of sp³-hybridized carbons (Fsp3) is 0.136. The lowest BCUT2D eigenvalue weighted by atomic mass is 10.2. The van der Waals surface area contributed by atoms with Crippen LogP contribution in [-0.2, 0) is 21.4 Å². The predicted molar refractivity (Wildman–Crippen MR) is 122 cm³/mol. The number of para-hydroxylation sites is 1. The fourth-order valence-corrected chi connectivity index (χ4v) is 4.34. The first-order valence-electron chi connectivity index (χ1n) is 9.27. The molecule has 0 aliphatic rings. The molecule has 1 amide bonds. The van der Waals surface area contributed by atoms with Crippen LogP contribution in [-0.4, -0.2) is 20.9 Å². The molecule has 6 nitrogen and oxygen atoms in total. The van der Waals surface area contributed by atoms with Gasteiger partial charge in [0, 0.05) is 6.54 Å². The molecule has 0 saturated carbocycles. The third-order valence-electron chi connectivity index (χ3n) is 4.35. The highest BCUT2D eigenvalue weighted by Gasteiger charge is 2.16. The van der Waals surface area contributed by atoms with Crippen LogP contribution in [0.1, 0.15) is 11.1 Å². The van der Waals surface area contributed by atoms with Crippen molar-refractivity contribution in [3.8, 4) is 5.75 Å². The Hall–Kier alpha value is -2.58. The number of amides is 1. The number of ether oxygens (including phenoxy) is 1. The fourth-order valence-electron chi connectivity index (χ4n) is 2.74.